The lowest BCUT2D eigenvalue weighted by atomic mass is 10.1. The number of hydrogen-bond acceptors (Lipinski definition) is 2. The van der Waals surface area contributed by atoms with Crippen LogP contribution in [0.15, 0.2) is 115 Å². The molecule has 0 atom stereocenters. The van der Waals surface area contributed by atoms with E-state index in [9.17, 15) is 9.59 Å². The van der Waals surface area contributed by atoms with Crippen molar-refractivity contribution in [1.82, 2.24) is 4.57 Å². The molecule has 3 nitrogen and oxygen atoms in total. The van der Waals surface area contributed by atoms with E-state index in [1.54, 1.807) is 29.0 Å². The molecule has 5 aromatic rings. The summed E-state index contributed by atoms with van der Waals surface area (Å²) in [7, 11) is 0. The number of fused-ring (bicyclic) bond motifs is 1. The molecule has 0 fully saturated rings. The predicted octanol–water partition coefficient (Wildman–Crippen LogP) is 6.23. The molecule has 0 bridgehead atoms. The quantitative estimate of drug-likeness (QED) is 0.335. The van der Waals surface area contributed by atoms with Gasteiger partial charge in [0.05, 0.1) is 5.69 Å². The summed E-state index contributed by atoms with van der Waals surface area (Å²) in [5.41, 5.74) is 3.23. The predicted molar refractivity (Wildman–Crippen MR) is 123 cm³/mol. The fourth-order valence-electron chi connectivity index (χ4n) is 3.80. The Morgan fingerprint density at radius 3 is 1.94 bits per heavy atom. The number of carbonyl (C=O) groups is 2. The largest absolute Gasteiger partial charge is 0.289 e. The zero-order valence-corrected chi connectivity index (χ0v) is 16.7. The lowest BCUT2D eigenvalue weighted by Crippen LogP contribution is -2.12. The first-order valence-corrected chi connectivity index (χ1v) is 10.1. The smallest absolute Gasteiger partial charge is 0.262 e. The van der Waals surface area contributed by atoms with Gasteiger partial charge in [0.1, 0.15) is 0 Å². The van der Waals surface area contributed by atoms with Crippen LogP contribution in [0.1, 0.15) is 26.3 Å². The molecule has 0 N–H and O–H groups in total. The van der Waals surface area contributed by atoms with Gasteiger partial charge in [0.2, 0.25) is 0 Å². The fraction of sp³-hybridized carbons (Fsp3) is 0. The number of hydrogen-bond donors (Lipinski definition) is 0. The summed E-state index contributed by atoms with van der Waals surface area (Å²) in [6, 6.07) is 34.2. The third kappa shape index (κ3) is 3.58. The molecule has 0 unspecified atom stereocenters. The molecule has 0 saturated carbocycles. The van der Waals surface area contributed by atoms with Gasteiger partial charge >= 0.3 is 0 Å². The number of ketones is 1. The van der Waals surface area contributed by atoms with Crippen molar-refractivity contribution >= 4 is 22.5 Å². The van der Waals surface area contributed by atoms with E-state index >= 15 is 0 Å². The highest BCUT2D eigenvalue weighted by Crippen LogP contribution is 2.26. The molecule has 31 heavy (non-hydrogen) atoms. The molecule has 148 valence electrons. The van der Waals surface area contributed by atoms with Crippen molar-refractivity contribution in [2.24, 2.45) is 0 Å². The van der Waals surface area contributed by atoms with Gasteiger partial charge < -0.3 is 0 Å². The lowest BCUT2D eigenvalue weighted by Gasteiger charge is -2.09. The number of nitrogens with zero attached hydrogens (tertiary/aromatic N) is 1. The van der Waals surface area contributed by atoms with Gasteiger partial charge in [-0.05, 0) is 34.5 Å². The van der Waals surface area contributed by atoms with Crippen molar-refractivity contribution in [2.75, 3.05) is 0 Å². The summed E-state index contributed by atoms with van der Waals surface area (Å²) in [5, 5.41) is 2.08. The maximum absolute atomic E-state index is 13.5. The molecule has 0 aliphatic heterocycles. The monoisotopic (exact) mass is 401 g/mol. The molecule has 1 aromatic heterocycles. The number of rotatable bonds is 4. The van der Waals surface area contributed by atoms with Crippen LogP contribution >= 0.6 is 0 Å². The average molecular weight is 401 g/mol. The Morgan fingerprint density at radius 2 is 1.19 bits per heavy atom. The first kappa shape index (κ1) is 18.8. The van der Waals surface area contributed by atoms with E-state index in [-0.39, 0.29) is 11.7 Å². The number of carbonyl (C=O) groups excluding carboxylic acids is 2. The third-order valence-corrected chi connectivity index (χ3v) is 5.40. The number of aromatic nitrogens is 1. The standard InChI is InChI=1S/C28H19NO2/c30-27(22-12-5-2-6-13-22)25-18-26(21-10-3-1-4-11-21)29(19-25)28(31)24-16-15-20-9-7-8-14-23(20)17-24/h1-19H. The molecular formula is C28H19NO2. The molecule has 0 spiro atoms. The summed E-state index contributed by atoms with van der Waals surface area (Å²) in [6.07, 6.45) is 1.65. The normalized spacial score (nSPS) is 10.8. The second-order valence-electron chi connectivity index (χ2n) is 7.41. The molecule has 0 aliphatic rings. The zero-order valence-electron chi connectivity index (χ0n) is 16.7. The van der Waals surface area contributed by atoms with Gasteiger partial charge in [-0.15, -0.1) is 0 Å². The number of benzene rings is 4. The molecule has 0 aliphatic carbocycles. The van der Waals surface area contributed by atoms with Gasteiger partial charge in [-0.2, -0.15) is 0 Å². The van der Waals surface area contributed by atoms with Gasteiger partial charge in [0, 0.05) is 22.9 Å². The maximum atomic E-state index is 13.5. The Hall–Kier alpha value is -4.24. The summed E-state index contributed by atoms with van der Waals surface area (Å²) in [4.78, 5) is 26.6. The van der Waals surface area contributed by atoms with Crippen molar-refractivity contribution in [3.8, 4) is 11.3 Å². The van der Waals surface area contributed by atoms with Crippen molar-refractivity contribution in [3.05, 3.63) is 132 Å². The van der Waals surface area contributed by atoms with Crippen LogP contribution < -0.4 is 0 Å². The van der Waals surface area contributed by atoms with Crippen LogP contribution in [0.4, 0.5) is 0 Å². The minimum atomic E-state index is -0.170. The van der Waals surface area contributed by atoms with Gasteiger partial charge in [0.25, 0.3) is 5.91 Å². The Labute approximate surface area is 180 Å². The van der Waals surface area contributed by atoms with Crippen molar-refractivity contribution in [3.63, 3.8) is 0 Å². The summed E-state index contributed by atoms with van der Waals surface area (Å²) in [6.45, 7) is 0. The lowest BCUT2D eigenvalue weighted by molar-refractivity contribution is 0.0962. The van der Waals surface area contributed by atoms with Gasteiger partial charge in [-0.3, -0.25) is 14.2 Å². The molecule has 0 amide bonds. The summed E-state index contributed by atoms with van der Waals surface area (Å²) < 4.78 is 1.58. The molecule has 5 rings (SSSR count). The minimum Gasteiger partial charge on any atom is -0.289 e. The van der Waals surface area contributed by atoms with Crippen LogP contribution in [0.3, 0.4) is 0 Å². The highest BCUT2D eigenvalue weighted by molar-refractivity contribution is 6.11. The third-order valence-electron chi connectivity index (χ3n) is 5.40. The Morgan fingerprint density at radius 1 is 0.548 bits per heavy atom. The van der Waals surface area contributed by atoms with E-state index in [1.165, 1.54) is 0 Å². The fourth-order valence-corrected chi connectivity index (χ4v) is 3.80. The van der Waals surface area contributed by atoms with E-state index in [0.29, 0.717) is 22.4 Å². The SMILES string of the molecule is O=C(c1ccccc1)c1cc(-c2ccccc2)n(C(=O)c2ccc3ccccc3c2)c1. The summed E-state index contributed by atoms with van der Waals surface area (Å²) >= 11 is 0. The molecule has 0 radical (unpaired) electrons. The van der Waals surface area contributed by atoms with Gasteiger partial charge in [-0.1, -0.05) is 91.0 Å². The highest BCUT2D eigenvalue weighted by Gasteiger charge is 2.20. The molecule has 1 heterocycles. The highest BCUT2D eigenvalue weighted by atomic mass is 16.2. The van der Waals surface area contributed by atoms with Crippen LogP contribution in [0.25, 0.3) is 22.0 Å². The van der Waals surface area contributed by atoms with Gasteiger partial charge in [0.15, 0.2) is 5.78 Å². The maximum Gasteiger partial charge on any atom is 0.262 e. The topological polar surface area (TPSA) is 39.1 Å². The van der Waals surface area contributed by atoms with Crippen LogP contribution in [0, 0.1) is 0 Å². The molecule has 3 heteroatoms. The van der Waals surface area contributed by atoms with Crippen molar-refractivity contribution in [1.29, 1.82) is 0 Å². The molecule has 0 saturated heterocycles. The van der Waals surface area contributed by atoms with Crippen LogP contribution in [-0.4, -0.2) is 16.3 Å². The van der Waals surface area contributed by atoms with Crippen molar-refractivity contribution in [2.45, 2.75) is 0 Å². The Kier molecular flexibility index (Phi) is 4.77. The molecule has 4 aromatic carbocycles. The van der Waals surface area contributed by atoms with E-state index in [0.717, 1.165) is 16.3 Å². The minimum absolute atomic E-state index is 0.108. The summed E-state index contributed by atoms with van der Waals surface area (Å²) in [5.74, 6) is -0.278. The van der Waals surface area contributed by atoms with Crippen LogP contribution in [0.2, 0.25) is 0 Å². The van der Waals surface area contributed by atoms with E-state index in [1.807, 2.05) is 91.0 Å². The van der Waals surface area contributed by atoms with Crippen LogP contribution in [-0.2, 0) is 0 Å². The Balaban J connectivity index is 1.63. The first-order valence-electron chi connectivity index (χ1n) is 10.1. The average Bonchev–Trinajstić information content (AvgIpc) is 3.29. The Bertz CT molecular complexity index is 1400. The second-order valence-corrected chi connectivity index (χ2v) is 7.41. The zero-order chi connectivity index (χ0) is 21.2. The van der Waals surface area contributed by atoms with Gasteiger partial charge in [-0.25, -0.2) is 0 Å². The second kappa shape index (κ2) is 7.88. The van der Waals surface area contributed by atoms with E-state index < -0.39 is 0 Å². The van der Waals surface area contributed by atoms with E-state index in [4.69, 9.17) is 0 Å². The van der Waals surface area contributed by atoms with Crippen LogP contribution in [0.5, 0.6) is 0 Å². The van der Waals surface area contributed by atoms with Crippen molar-refractivity contribution < 1.29 is 9.59 Å². The molecular weight excluding hydrogens is 382 g/mol. The van der Waals surface area contributed by atoms with E-state index in [2.05, 4.69) is 0 Å². The first-order chi connectivity index (χ1) is 15.2.